The highest BCUT2D eigenvalue weighted by molar-refractivity contribution is 5.98. The Morgan fingerprint density at radius 3 is 2.65 bits per heavy atom. The molecule has 0 amide bonds. The molecule has 1 aromatic carbocycles. The summed E-state index contributed by atoms with van der Waals surface area (Å²) in [6.45, 7) is 3.81. The molecule has 1 aliphatic heterocycles. The van der Waals surface area contributed by atoms with Crippen LogP contribution in [0.25, 0.3) is 0 Å². The van der Waals surface area contributed by atoms with Gasteiger partial charge in [0.15, 0.2) is 5.84 Å². The number of likely N-dealkylation sites (tertiary alicyclic amines) is 1. The summed E-state index contributed by atoms with van der Waals surface area (Å²) in [7, 11) is 0. The summed E-state index contributed by atoms with van der Waals surface area (Å²) in [4.78, 5) is 2.59. The normalized spacial score (nSPS) is 27.5. The Kier molecular flexibility index (Phi) is 3.92. The van der Waals surface area contributed by atoms with Crippen LogP contribution in [0.2, 0.25) is 0 Å². The smallest absolute Gasteiger partial charge is 0.170 e. The molecule has 108 valence electrons. The zero-order chi connectivity index (χ0) is 13.9. The summed E-state index contributed by atoms with van der Waals surface area (Å²) in [6, 6.07) is 8.04. The van der Waals surface area contributed by atoms with E-state index in [-0.39, 0.29) is 5.84 Å². The Morgan fingerprint density at radius 1 is 1.25 bits per heavy atom. The maximum Gasteiger partial charge on any atom is 0.170 e. The molecule has 2 aliphatic rings. The van der Waals surface area contributed by atoms with Crippen molar-refractivity contribution < 1.29 is 5.21 Å². The Morgan fingerprint density at radius 2 is 1.95 bits per heavy atom. The molecule has 4 heteroatoms. The van der Waals surface area contributed by atoms with Gasteiger partial charge in [0.05, 0.1) is 0 Å². The molecule has 2 fully saturated rings. The lowest BCUT2D eigenvalue weighted by Gasteiger charge is -2.38. The van der Waals surface area contributed by atoms with E-state index in [9.17, 15) is 0 Å². The second kappa shape index (κ2) is 5.83. The van der Waals surface area contributed by atoms with Crippen LogP contribution in [0.4, 0.5) is 0 Å². The Hall–Kier alpha value is -1.55. The van der Waals surface area contributed by atoms with Crippen LogP contribution in [-0.2, 0) is 0 Å². The molecule has 1 heterocycles. The third-order valence-electron chi connectivity index (χ3n) is 4.74. The Labute approximate surface area is 120 Å². The number of hydrogen-bond donors (Lipinski definition) is 2. The summed E-state index contributed by atoms with van der Waals surface area (Å²) in [5.74, 6) is 1.61. The predicted octanol–water partition coefficient (Wildman–Crippen LogP) is 2.37. The number of hydrogen-bond acceptors (Lipinski definition) is 3. The molecular weight excluding hydrogens is 250 g/mol. The van der Waals surface area contributed by atoms with Gasteiger partial charge in [-0.05, 0) is 56.2 Å². The molecule has 20 heavy (non-hydrogen) atoms. The third kappa shape index (κ3) is 2.66. The minimum Gasteiger partial charge on any atom is -0.409 e. The van der Waals surface area contributed by atoms with Gasteiger partial charge in [0.2, 0.25) is 0 Å². The van der Waals surface area contributed by atoms with Gasteiger partial charge in [0.25, 0.3) is 0 Å². The van der Waals surface area contributed by atoms with Gasteiger partial charge in [-0.3, -0.25) is 0 Å². The van der Waals surface area contributed by atoms with Crippen molar-refractivity contribution in [2.75, 3.05) is 19.6 Å². The maximum absolute atomic E-state index is 8.88. The fraction of sp³-hybridized carbons (Fsp3) is 0.562. The summed E-state index contributed by atoms with van der Waals surface area (Å²) in [5.41, 5.74) is 7.90. The van der Waals surface area contributed by atoms with Crippen LogP contribution in [0, 0.1) is 5.92 Å². The fourth-order valence-corrected chi connectivity index (χ4v) is 3.61. The van der Waals surface area contributed by atoms with Crippen LogP contribution in [-0.4, -0.2) is 35.6 Å². The van der Waals surface area contributed by atoms with Crippen molar-refractivity contribution in [1.82, 2.24) is 4.90 Å². The van der Waals surface area contributed by atoms with Gasteiger partial charge >= 0.3 is 0 Å². The Bertz CT molecular complexity index is 488. The second-order valence-corrected chi connectivity index (χ2v) is 6.11. The SMILES string of the molecule is N/C(=N\O)c1ccccc1C1CC(CN2CCCC2)C1. The lowest BCUT2D eigenvalue weighted by Crippen LogP contribution is -2.34. The summed E-state index contributed by atoms with van der Waals surface area (Å²) < 4.78 is 0. The fourth-order valence-electron chi connectivity index (χ4n) is 3.61. The van der Waals surface area contributed by atoms with Crippen LogP contribution in [0.15, 0.2) is 29.4 Å². The summed E-state index contributed by atoms with van der Waals surface area (Å²) in [5, 5.41) is 12.0. The lowest BCUT2D eigenvalue weighted by atomic mass is 9.70. The van der Waals surface area contributed by atoms with Crippen molar-refractivity contribution in [2.45, 2.75) is 31.6 Å². The standard InChI is InChI=1S/C16H23N3O/c17-16(18-20)15-6-2-1-5-14(15)13-9-12(10-13)11-19-7-3-4-8-19/h1-2,5-6,12-13,20H,3-4,7-11H2,(H2,17,18). The average Bonchev–Trinajstić information content (AvgIpc) is 2.94. The molecule has 1 aromatic rings. The number of nitrogens with zero attached hydrogens (tertiary/aromatic N) is 2. The van der Waals surface area contributed by atoms with E-state index in [0.29, 0.717) is 5.92 Å². The highest BCUT2D eigenvalue weighted by Gasteiger charge is 2.33. The van der Waals surface area contributed by atoms with Gasteiger partial charge in [-0.15, -0.1) is 0 Å². The van der Waals surface area contributed by atoms with Crippen molar-refractivity contribution in [3.8, 4) is 0 Å². The van der Waals surface area contributed by atoms with Crippen LogP contribution in [0.3, 0.4) is 0 Å². The zero-order valence-electron chi connectivity index (χ0n) is 11.8. The summed E-state index contributed by atoms with van der Waals surface area (Å²) >= 11 is 0. The zero-order valence-corrected chi connectivity index (χ0v) is 11.8. The molecule has 0 atom stereocenters. The van der Waals surface area contributed by atoms with Crippen molar-refractivity contribution in [3.63, 3.8) is 0 Å². The molecule has 1 aliphatic carbocycles. The van der Waals surface area contributed by atoms with E-state index in [0.717, 1.165) is 11.5 Å². The largest absolute Gasteiger partial charge is 0.409 e. The van der Waals surface area contributed by atoms with Crippen molar-refractivity contribution in [2.24, 2.45) is 16.8 Å². The molecule has 4 nitrogen and oxygen atoms in total. The first kappa shape index (κ1) is 13.4. The predicted molar refractivity (Wildman–Crippen MR) is 80.1 cm³/mol. The first-order valence-electron chi connectivity index (χ1n) is 7.57. The number of benzene rings is 1. The van der Waals surface area contributed by atoms with Gasteiger partial charge in [-0.2, -0.15) is 0 Å². The number of oxime groups is 1. The minimum atomic E-state index is 0.226. The van der Waals surface area contributed by atoms with Crippen molar-refractivity contribution >= 4 is 5.84 Å². The summed E-state index contributed by atoms with van der Waals surface area (Å²) in [6.07, 6.45) is 5.18. The first-order valence-corrected chi connectivity index (χ1v) is 7.57. The van der Waals surface area contributed by atoms with E-state index in [1.165, 1.54) is 50.9 Å². The molecule has 0 aromatic heterocycles. The van der Waals surface area contributed by atoms with E-state index in [2.05, 4.69) is 16.1 Å². The molecule has 0 bridgehead atoms. The molecule has 1 saturated heterocycles. The van der Waals surface area contributed by atoms with Gasteiger partial charge in [0.1, 0.15) is 0 Å². The van der Waals surface area contributed by atoms with E-state index in [1.807, 2.05) is 18.2 Å². The van der Waals surface area contributed by atoms with Crippen LogP contribution >= 0.6 is 0 Å². The number of rotatable bonds is 4. The quantitative estimate of drug-likeness (QED) is 0.383. The van der Waals surface area contributed by atoms with E-state index >= 15 is 0 Å². The molecule has 3 rings (SSSR count). The topological polar surface area (TPSA) is 61.9 Å². The van der Waals surface area contributed by atoms with Gasteiger partial charge in [0, 0.05) is 12.1 Å². The molecule has 0 radical (unpaired) electrons. The molecular formula is C16H23N3O. The van der Waals surface area contributed by atoms with Gasteiger partial charge in [-0.25, -0.2) is 0 Å². The molecule has 0 unspecified atom stereocenters. The van der Waals surface area contributed by atoms with Crippen molar-refractivity contribution in [1.29, 1.82) is 0 Å². The second-order valence-electron chi connectivity index (χ2n) is 6.11. The third-order valence-corrected chi connectivity index (χ3v) is 4.74. The minimum absolute atomic E-state index is 0.226. The van der Waals surface area contributed by atoms with Crippen LogP contribution in [0.5, 0.6) is 0 Å². The lowest BCUT2D eigenvalue weighted by molar-refractivity contribution is 0.180. The van der Waals surface area contributed by atoms with Crippen LogP contribution in [0.1, 0.15) is 42.7 Å². The average molecular weight is 273 g/mol. The van der Waals surface area contributed by atoms with E-state index < -0.39 is 0 Å². The van der Waals surface area contributed by atoms with Gasteiger partial charge < -0.3 is 15.8 Å². The monoisotopic (exact) mass is 273 g/mol. The van der Waals surface area contributed by atoms with E-state index in [4.69, 9.17) is 10.9 Å². The first-order chi connectivity index (χ1) is 9.78. The number of nitrogens with two attached hydrogens (primary N) is 1. The van der Waals surface area contributed by atoms with E-state index in [1.54, 1.807) is 0 Å². The Balaban J connectivity index is 1.62. The molecule has 0 spiro atoms. The van der Waals surface area contributed by atoms with Crippen molar-refractivity contribution in [3.05, 3.63) is 35.4 Å². The van der Waals surface area contributed by atoms with Gasteiger partial charge in [-0.1, -0.05) is 29.4 Å². The van der Waals surface area contributed by atoms with Crippen LogP contribution < -0.4 is 5.73 Å². The number of amidine groups is 1. The molecule has 1 saturated carbocycles. The molecule has 3 N–H and O–H groups in total. The highest BCUT2D eigenvalue weighted by atomic mass is 16.4. The highest BCUT2D eigenvalue weighted by Crippen LogP contribution is 2.43. The maximum atomic E-state index is 8.88.